The summed E-state index contributed by atoms with van der Waals surface area (Å²) in [6.07, 6.45) is 1.37. The van der Waals surface area contributed by atoms with Crippen molar-refractivity contribution in [3.63, 3.8) is 0 Å². The van der Waals surface area contributed by atoms with Crippen molar-refractivity contribution in [2.75, 3.05) is 0 Å². The molecule has 0 saturated heterocycles. The van der Waals surface area contributed by atoms with Crippen LogP contribution in [0.25, 0.3) is 0 Å². The van der Waals surface area contributed by atoms with Gasteiger partial charge in [-0.1, -0.05) is 11.6 Å². The van der Waals surface area contributed by atoms with Crippen molar-refractivity contribution in [1.82, 2.24) is 10.2 Å². The minimum absolute atomic E-state index is 0.0239. The molecule has 0 atom stereocenters. The lowest BCUT2D eigenvalue weighted by atomic mass is 9.86. The average molecular weight is 158 g/mol. The molecule has 10 heavy (non-hydrogen) atoms. The van der Waals surface area contributed by atoms with Crippen LogP contribution in [0.2, 0.25) is 5.02 Å². The third kappa shape index (κ3) is 1.44. The largest absolute Gasteiger partial charge is 0.511 e. The fourth-order valence-corrected chi connectivity index (χ4v) is 0.694. The van der Waals surface area contributed by atoms with Crippen LogP contribution in [0, 0.1) is 0 Å². The first kappa shape index (κ1) is 7.46. The SMILES string of the molecule is OB(O)c1nnccc1Cl. The minimum Gasteiger partial charge on any atom is -0.422 e. The highest BCUT2D eigenvalue weighted by Gasteiger charge is 2.16. The van der Waals surface area contributed by atoms with E-state index in [4.69, 9.17) is 21.6 Å². The molecule has 0 aliphatic heterocycles. The number of aromatic nitrogens is 2. The van der Waals surface area contributed by atoms with Crippen molar-refractivity contribution in [2.24, 2.45) is 0 Å². The maximum Gasteiger partial charge on any atom is 0.511 e. The fraction of sp³-hybridized carbons (Fsp3) is 0. The van der Waals surface area contributed by atoms with Crippen LogP contribution in [0.5, 0.6) is 0 Å². The van der Waals surface area contributed by atoms with Crippen LogP contribution in [0.1, 0.15) is 0 Å². The highest BCUT2D eigenvalue weighted by molar-refractivity contribution is 6.61. The molecule has 0 unspecified atom stereocenters. The number of nitrogens with zero attached hydrogens (tertiary/aromatic N) is 2. The van der Waals surface area contributed by atoms with Crippen LogP contribution in [0.3, 0.4) is 0 Å². The third-order valence-corrected chi connectivity index (χ3v) is 1.26. The fourth-order valence-electron chi connectivity index (χ4n) is 0.502. The first-order chi connectivity index (χ1) is 4.72. The van der Waals surface area contributed by atoms with Gasteiger partial charge in [-0.15, -0.1) is 0 Å². The molecule has 4 nitrogen and oxygen atoms in total. The van der Waals surface area contributed by atoms with Crippen LogP contribution in [-0.4, -0.2) is 27.4 Å². The standard InChI is InChI=1S/C4H4BClN2O2/c6-3-1-2-7-8-4(3)5(9)10/h1-2,9-10H. The van der Waals surface area contributed by atoms with Gasteiger partial charge in [-0.25, -0.2) is 0 Å². The molecule has 0 aliphatic rings. The summed E-state index contributed by atoms with van der Waals surface area (Å²) in [5, 5.41) is 24.2. The van der Waals surface area contributed by atoms with E-state index in [1.54, 1.807) is 0 Å². The molecular formula is C4H4BClN2O2. The van der Waals surface area contributed by atoms with E-state index in [0.29, 0.717) is 0 Å². The predicted molar refractivity (Wildman–Crippen MR) is 36.9 cm³/mol. The monoisotopic (exact) mass is 158 g/mol. The smallest absolute Gasteiger partial charge is 0.422 e. The van der Waals surface area contributed by atoms with Gasteiger partial charge >= 0.3 is 7.12 Å². The Morgan fingerprint density at radius 2 is 2.20 bits per heavy atom. The molecule has 0 bridgehead atoms. The van der Waals surface area contributed by atoms with E-state index in [9.17, 15) is 0 Å². The number of hydrogen-bond acceptors (Lipinski definition) is 4. The number of halogens is 1. The Hall–Kier alpha value is -0.645. The molecule has 52 valence electrons. The molecule has 0 radical (unpaired) electrons. The second-order valence-electron chi connectivity index (χ2n) is 1.64. The summed E-state index contributed by atoms with van der Waals surface area (Å²) in [7, 11) is -1.65. The van der Waals surface area contributed by atoms with E-state index < -0.39 is 7.12 Å². The van der Waals surface area contributed by atoms with Gasteiger partial charge in [0.2, 0.25) is 0 Å². The summed E-state index contributed by atoms with van der Waals surface area (Å²) in [4.78, 5) is 0. The lowest BCUT2D eigenvalue weighted by Gasteiger charge is -1.96. The van der Waals surface area contributed by atoms with Crippen molar-refractivity contribution in [3.8, 4) is 0 Å². The zero-order valence-corrected chi connectivity index (χ0v) is 5.65. The topological polar surface area (TPSA) is 66.2 Å². The highest BCUT2D eigenvalue weighted by atomic mass is 35.5. The molecule has 0 aromatic carbocycles. The van der Waals surface area contributed by atoms with E-state index in [1.165, 1.54) is 12.3 Å². The molecule has 0 amide bonds. The van der Waals surface area contributed by atoms with Crippen molar-refractivity contribution < 1.29 is 10.0 Å². The van der Waals surface area contributed by atoms with E-state index in [2.05, 4.69) is 10.2 Å². The summed E-state index contributed by atoms with van der Waals surface area (Å²) in [5.41, 5.74) is -0.0239. The molecule has 0 fully saturated rings. The molecule has 1 rings (SSSR count). The van der Waals surface area contributed by atoms with Gasteiger partial charge in [-0.3, -0.25) is 0 Å². The van der Waals surface area contributed by atoms with Crippen molar-refractivity contribution in [1.29, 1.82) is 0 Å². The Labute approximate surface area is 62.6 Å². The van der Waals surface area contributed by atoms with E-state index in [1.807, 2.05) is 0 Å². The zero-order chi connectivity index (χ0) is 7.56. The Morgan fingerprint density at radius 3 is 2.60 bits per heavy atom. The highest BCUT2D eigenvalue weighted by Crippen LogP contribution is 1.99. The first-order valence-corrected chi connectivity index (χ1v) is 2.93. The summed E-state index contributed by atoms with van der Waals surface area (Å²) < 4.78 is 0. The lowest BCUT2D eigenvalue weighted by Crippen LogP contribution is -2.34. The van der Waals surface area contributed by atoms with Crippen molar-refractivity contribution in [2.45, 2.75) is 0 Å². The van der Waals surface area contributed by atoms with Gasteiger partial charge in [0.1, 0.15) is 5.59 Å². The molecule has 2 N–H and O–H groups in total. The summed E-state index contributed by atoms with van der Waals surface area (Å²) in [5.74, 6) is 0. The molecular weight excluding hydrogens is 154 g/mol. The van der Waals surface area contributed by atoms with Crippen molar-refractivity contribution in [3.05, 3.63) is 17.3 Å². The van der Waals surface area contributed by atoms with Gasteiger partial charge < -0.3 is 10.0 Å². The van der Waals surface area contributed by atoms with Gasteiger partial charge in [0, 0.05) is 0 Å². The Balaban J connectivity index is 3.03. The Bertz CT molecular complexity index is 232. The molecule has 1 aromatic heterocycles. The molecule has 0 aliphatic carbocycles. The number of hydrogen-bond donors (Lipinski definition) is 2. The predicted octanol–water partition coefficient (Wildman–Crippen LogP) is -1.19. The second kappa shape index (κ2) is 2.96. The molecule has 6 heteroatoms. The maximum absolute atomic E-state index is 8.57. The van der Waals surface area contributed by atoms with Gasteiger partial charge in [0.15, 0.2) is 0 Å². The lowest BCUT2D eigenvalue weighted by molar-refractivity contribution is 0.423. The molecule has 0 spiro atoms. The van der Waals surface area contributed by atoms with Gasteiger partial charge in [-0.05, 0) is 6.07 Å². The first-order valence-electron chi connectivity index (χ1n) is 2.55. The Kier molecular flexibility index (Phi) is 2.21. The van der Waals surface area contributed by atoms with Crippen LogP contribution in [-0.2, 0) is 0 Å². The second-order valence-corrected chi connectivity index (χ2v) is 2.05. The zero-order valence-electron chi connectivity index (χ0n) is 4.90. The van der Waals surface area contributed by atoms with Gasteiger partial charge in [0.05, 0.1) is 11.2 Å². The molecule has 1 heterocycles. The van der Waals surface area contributed by atoms with Gasteiger partial charge in [-0.2, -0.15) is 10.2 Å². The van der Waals surface area contributed by atoms with E-state index in [-0.39, 0.29) is 10.6 Å². The Morgan fingerprint density at radius 1 is 1.50 bits per heavy atom. The van der Waals surface area contributed by atoms with Gasteiger partial charge in [0.25, 0.3) is 0 Å². The minimum atomic E-state index is -1.65. The molecule has 0 saturated carbocycles. The van der Waals surface area contributed by atoms with Crippen LogP contribution >= 0.6 is 11.6 Å². The number of rotatable bonds is 1. The van der Waals surface area contributed by atoms with Crippen LogP contribution in [0.4, 0.5) is 0 Å². The molecule has 1 aromatic rings. The summed E-state index contributed by atoms with van der Waals surface area (Å²) >= 11 is 5.50. The van der Waals surface area contributed by atoms with E-state index in [0.717, 1.165) is 0 Å². The quantitative estimate of drug-likeness (QED) is 0.504. The summed E-state index contributed by atoms with van der Waals surface area (Å²) in [6, 6.07) is 1.43. The van der Waals surface area contributed by atoms with E-state index >= 15 is 0 Å². The third-order valence-electron chi connectivity index (χ3n) is 0.942. The maximum atomic E-state index is 8.57. The normalized spacial score (nSPS) is 9.50. The van der Waals surface area contributed by atoms with Crippen LogP contribution < -0.4 is 5.59 Å². The summed E-state index contributed by atoms with van der Waals surface area (Å²) in [6.45, 7) is 0. The average Bonchev–Trinajstić information content (AvgIpc) is 1.88. The van der Waals surface area contributed by atoms with Crippen molar-refractivity contribution >= 4 is 24.3 Å². The van der Waals surface area contributed by atoms with Crippen LogP contribution in [0.15, 0.2) is 12.3 Å².